The van der Waals surface area contributed by atoms with Crippen molar-refractivity contribution in [2.45, 2.75) is 38.2 Å². The maximum atomic E-state index is 13.4. The van der Waals surface area contributed by atoms with E-state index in [1.165, 1.54) is 0 Å². The van der Waals surface area contributed by atoms with E-state index in [4.69, 9.17) is 9.47 Å². The highest BCUT2D eigenvalue weighted by Crippen LogP contribution is 2.51. The number of aliphatic hydroxyl groups excluding tert-OH is 1. The molecule has 152 valence electrons. The number of benzene rings is 3. The van der Waals surface area contributed by atoms with Crippen LogP contribution in [-0.2, 0) is 23.2 Å². The van der Waals surface area contributed by atoms with Crippen molar-refractivity contribution in [1.82, 2.24) is 0 Å². The Morgan fingerprint density at radius 3 is 2.57 bits per heavy atom. The number of ketones is 1. The summed E-state index contributed by atoms with van der Waals surface area (Å²) in [7, 11) is 0. The van der Waals surface area contributed by atoms with Crippen LogP contribution in [0.4, 0.5) is 0 Å². The van der Waals surface area contributed by atoms with Gasteiger partial charge < -0.3 is 14.6 Å². The van der Waals surface area contributed by atoms with Crippen molar-refractivity contribution in [2.24, 2.45) is 0 Å². The summed E-state index contributed by atoms with van der Waals surface area (Å²) in [5.41, 5.74) is 5.68. The lowest BCUT2D eigenvalue weighted by atomic mass is 9.86. The average molecular weight is 400 g/mol. The predicted octanol–water partition coefficient (Wildman–Crippen LogP) is 4.73. The van der Waals surface area contributed by atoms with Crippen LogP contribution in [0.25, 0.3) is 11.1 Å². The lowest BCUT2D eigenvalue weighted by molar-refractivity contribution is -0.120. The minimum atomic E-state index is -0.410. The molecule has 0 radical (unpaired) electrons. The van der Waals surface area contributed by atoms with Crippen molar-refractivity contribution >= 4 is 5.78 Å². The topological polar surface area (TPSA) is 55.8 Å². The highest BCUT2D eigenvalue weighted by atomic mass is 16.7. The van der Waals surface area contributed by atoms with E-state index in [1.54, 1.807) is 0 Å². The molecule has 1 fully saturated rings. The van der Waals surface area contributed by atoms with Crippen molar-refractivity contribution in [3.63, 3.8) is 0 Å². The zero-order chi connectivity index (χ0) is 20.7. The quantitative estimate of drug-likeness (QED) is 0.650. The van der Waals surface area contributed by atoms with Crippen molar-refractivity contribution in [3.8, 4) is 22.6 Å². The Hall–Kier alpha value is -3.11. The third-order valence-electron chi connectivity index (χ3n) is 6.41. The van der Waals surface area contributed by atoms with Crippen LogP contribution in [0.2, 0.25) is 0 Å². The summed E-state index contributed by atoms with van der Waals surface area (Å²) in [6.07, 6.45) is 2.14. The Kier molecular flexibility index (Phi) is 4.59. The number of hydrogen-bond donors (Lipinski definition) is 1. The Bertz CT molecular complexity index is 1130. The molecular weight excluding hydrogens is 376 g/mol. The molecule has 0 spiro atoms. The maximum absolute atomic E-state index is 13.4. The standard InChI is InChI=1S/C26H24O4/c1-17-6-7-18(22-5-3-2-4-19(22)15-27)12-20(17)13-25(28)26(10-11-26)21-8-9-23-24(14-21)30-16-29-23/h2-9,12,14,27H,10-11,13,15-16H2,1H3. The van der Waals surface area contributed by atoms with Gasteiger partial charge in [-0.05, 0) is 65.3 Å². The number of rotatable bonds is 6. The number of Topliss-reactive ketones (excluding diaryl/α,β-unsaturated/α-hetero) is 1. The van der Waals surface area contributed by atoms with Gasteiger partial charge in [0.05, 0.1) is 12.0 Å². The zero-order valence-corrected chi connectivity index (χ0v) is 17.0. The molecule has 4 nitrogen and oxygen atoms in total. The molecule has 0 amide bonds. The molecule has 3 aromatic carbocycles. The fourth-order valence-electron chi connectivity index (χ4n) is 4.36. The molecule has 0 unspecified atom stereocenters. The van der Waals surface area contributed by atoms with Gasteiger partial charge in [0.2, 0.25) is 6.79 Å². The predicted molar refractivity (Wildman–Crippen MR) is 115 cm³/mol. The monoisotopic (exact) mass is 400 g/mol. The van der Waals surface area contributed by atoms with E-state index in [1.807, 2.05) is 49.4 Å². The van der Waals surface area contributed by atoms with Gasteiger partial charge >= 0.3 is 0 Å². The van der Waals surface area contributed by atoms with E-state index in [9.17, 15) is 9.90 Å². The highest BCUT2D eigenvalue weighted by molar-refractivity contribution is 5.95. The molecular formula is C26H24O4. The third-order valence-corrected chi connectivity index (χ3v) is 6.41. The van der Waals surface area contributed by atoms with Gasteiger partial charge in [-0.15, -0.1) is 0 Å². The molecule has 4 heteroatoms. The summed E-state index contributed by atoms with van der Waals surface area (Å²) in [6.45, 7) is 2.27. The third kappa shape index (κ3) is 3.17. The molecule has 0 saturated heterocycles. The molecule has 30 heavy (non-hydrogen) atoms. The molecule has 1 aliphatic heterocycles. The van der Waals surface area contributed by atoms with Crippen molar-refractivity contribution < 1.29 is 19.4 Å². The van der Waals surface area contributed by atoms with E-state index in [0.29, 0.717) is 6.42 Å². The van der Waals surface area contributed by atoms with Gasteiger partial charge in [0.25, 0.3) is 0 Å². The Labute approximate surface area is 176 Å². The Morgan fingerprint density at radius 2 is 1.77 bits per heavy atom. The van der Waals surface area contributed by atoms with E-state index in [2.05, 4.69) is 18.2 Å². The molecule has 3 aromatic rings. The van der Waals surface area contributed by atoms with Crippen LogP contribution in [0.1, 0.15) is 35.1 Å². The van der Waals surface area contributed by atoms with E-state index < -0.39 is 5.41 Å². The molecule has 1 aliphatic carbocycles. The lowest BCUT2D eigenvalue weighted by Gasteiger charge is -2.17. The van der Waals surface area contributed by atoms with Crippen molar-refractivity contribution in [3.05, 3.63) is 82.9 Å². The molecule has 1 heterocycles. The van der Waals surface area contributed by atoms with Crippen LogP contribution < -0.4 is 9.47 Å². The molecule has 5 rings (SSSR count). The average Bonchev–Trinajstić information content (AvgIpc) is 3.46. The maximum Gasteiger partial charge on any atom is 0.231 e. The summed E-state index contributed by atoms with van der Waals surface area (Å²) in [4.78, 5) is 13.4. The fourth-order valence-corrected chi connectivity index (χ4v) is 4.36. The van der Waals surface area contributed by atoms with Gasteiger partial charge in [0.1, 0.15) is 5.78 Å². The van der Waals surface area contributed by atoms with Gasteiger partial charge in [-0.3, -0.25) is 4.79 Å². The summed E-state index contributed by atoms with van der Waals surface area (Å²) >= 11 is 0. The normalized spacial score (nSPS) is 15.8. The van der Waals surface area contributed by atoms with E-state index in [0.717, 1.165) is 57.7 Å². The SMILES string of the molecule is Cc1ccc(-c2ccccc2CO)cc1CC(=O)C1(c2ccc3c(c2)OCO3)CC1. The molecule has 0 atom stereocenters. The number of aliphatic hydroxyl groups is 1. The van der Waals surface area contributed by atoms with Gasteiger partial charge in [-0.2, -0.15) is 0 Å². The smallest absolute Gasteiger partial charge is 0.231 e. The van der Waals surface area contributed by atoms with Crippen LogP contribution in [0.3, 0.4) is 0 Å². The molecule has 1 saturated carbocycles. The fraction of sp³-hybridized carbons (Fsp3) is 0.269. The molecule has 0 bridgehead atoms. The number of fused-ring (bicyclic) bond motifs is 1. The van der Waals surface area contributed by atoms with Crippen molar-refractivity contribution in [1.29, 1.82) is 0 Å². The lowest BCUT2D eigenvalue weighted by Crippen LogP contribution is -2.22. The first-order valence-electron chi connectivity index (χ1n) is 10.3. The van der Waals surface area contributed by atoms with Crippen LogP contribution in [0.15, 0.2) is 60.7 Å². The zero-order valence-electron chi connectivity index (χ0n) is 17.0. The number of ether oxygens (including phenoxy) is 2. The molecule has 2 aliphatic rings. The number of hydrogen-bond acceptors (Lipinski definition) is 4. The first-order valence-corrected chi connectivity index (χ1v) is 10.3. The van der Waals surface area contributed by atoms with Crippen LogP contribution in [0.5, 0.6) is 11.5 Å². The molecule has 0 aromatic heterocycles. The van der Waals surface area contributed by atoms with Crippen molar-refractivity contribution in [2.75, 3.05) is 6.79 Å². The van der Waals surface area contributed by atoms with Crippen LogP contribution in [-0.4, -0.2) is 17.7 Å². The summed E-state index contributed by atoms with van der Waals surface area (Å²) in [5, 5.41) is 9.68. The highest BCUT2D eigenvalue weighted by Gasteiger charge is 2.50. The summed E-state index contributed by atoms with van der Waals surface area (Å²) < 4.78 is 10.9. The second-order valence-corrected chi connectivity index (χ2v) is 8.21. The number of aryl methyl sites for hydroxylation is 1. The van der Waals surface area contributed by atoms with E-state index in [-0.39, 0.29) is 19.2 Å². The minimum absolute atomic E-state index is 0.00839. The second-order valence-electron chi connectivity index (χ2n) is 8.21. The summed E-state index contributed by atoms with van der Waals surface area (Å²) in [6, 6.07) is 19.9. The first kappa shape index (κ1) is 18.9. The van der Waals surface area contributed by atoms with Gasteiger partial charge in [-0.25, -0.2) is 0 Å². The van der Waals surface area contributed by atoms with Gasteiger partial charge in [0.15, 0.2) is 11.5 Å². The van der Waals surface area contributed by atoms with Gasteiger partial charge in [-0.1, -0.05) is 48.5 Å². The van der Waals surface area contributed by atoms with E-state index >= 15 is 0 Å². The van der Waals surface area contributed by atoms with Crippen LogP contribution >= 0.6 is 0 Å². The first-order chi connectivity index (χ1) is 14.6. The number of carbonyl (C=O) groups excluding carboxylic acids is 1. The molecule has 1 N–H and O–H groups in total. The number of carbonyl (C=O) groups is 1. The minimum Gasteiger partial charge on any atom is -0.454 e. The Morgan fingerprint density at radius 1 is 0.967 bits per heavy atom. The van der Waals surface area contributed by atoms with Gasteiger partial charge in [0, 0.05) is 6.42 Å². The second kappa shape index (κ2) is 7.29. The largest absolute Gasteiger partial charge is 0.454 e. The Balaban J connectivity index is 1.44. The van der Waals surface area contributed by atoms with Crippen LogP contribution in [0, 0.1) is 6.92 Å². The summed E-state index contributed by atoms with van der Waals surface area (Å²) in [5.74, 6) is 1.72.